The minimum absolute atomic E-state index is 0.184. The van der Waals surface area contributed by atoms with Gasteiger partial charge in [-0.15, -0.1) is 0 Å². The molecule has 3 aliphatic carbocycles. The van der Waals surface area contributed by atoms with Crippen molar-refractivity contribution >= 4 is 28.5 Å². The van der Waals surface area contributed by atoms with Gasteiger partial charge in [-0.2, -0.15) is 10.4 Å². The lowest BCUT2D eigenvalue weighted by Gasteiger charge is -2.42. The van der Waals surface area contributed by atoms with Gasteiger partial charge in [0.25, 0.3) is 0 Å². The van der Waals surface area contributed by atoms with Crippen molar-refractivity contribution in [1.29, 1.82) is 5.26 Å². The number of aromatic nitrogens is 4. The summed E-state index contributed by atoms with van der Waals surface area (Å²) in [5, 5.41) is 21.2. The number of anilines is 1. The van der Waals surface area contributed by atoms with E-state index < -0.39 is 5.82 Å². The highest BCUT2D eigenvalue weighted by molar-refractivity contribution is 6.31. The Balaban J connectivity index is 1.61. The quantitative estimate of drug-likeness (QED) is 0.635. The van der Waals surface area contributed by atoms with Gasteiger partial charge in [-0.1, -0.05) is 24.4 Å². The molecule has 148 valence electrons. The number of H-pyrrole nitrogens is 1. The van der Waals surface area contributed by atoms with Crippen LogP contribution in [0, 0.1) is 35.9 Å². The molecule has 0 radical (unpaired) electrons. The fourth-order valence-corrected chi connectivity index (χ4v) is 5.04. The Kier molecular flexibility index (Phi) is 4.39. The van der Waals surface area contributed by atoms with E-state index in [0.717, 1.165) is 6.42 Å². The molecule has 0 aromatic carbocycles. The summed E-state index contributed by atoms with van der Waals surface area (Å²) in [6.07, 6.45) is 7.46. The van der Waals surface area contributed by atoms with Gasteiger partial charge in [-0.3, -0.25) is 5.10 Å². The van der Waals surface area contributed by atoms with Gasteiger partial charge in [-0.05, 0) is 44.1 Å². The van der Waals surface area contributed by atoms with Crippen molar-refractivity contribution in [3.63, 3.8) is 0 Å². The molecule has 3 saturated carbocycles. The maximum Gasteiger partial charge on any atom is 0.181 e. The monoisotopic (exact) mass is 410 g/mol. The summed E-state index contributed by atoms with van der Waals surface area (Å²) in [6.45, 7) is 1.61. The molecule has 0 aliphatic heterocycles. The Morgan fingerprint density at radius 3 is 2.79 bits per heavy atom. The largest absolute Gasteiger partial charge is 0.365 e. The Morgan fingerprint density at radius 2 is 2.10 bits per heavy atom. The van der Waals surface area contributed by atoms with Gasteiger partial charge >= 0.3 is 0 Å². The molecule has 3 aromatic heterocycles. The number of fused-ring (bicyclic) bond motifs is 4. The van der Waals surface area contributed by atoms with E-state index in [-0.39, 0.29) is 23.0 Å². The van der Waals surface area contributed by atoms with Crippen LogP contribution < -0.4 is 5.32 Å². The van der Waals surface area contributed by atoms with E-state index in [1.54, 1.807) is 13.0 Å². The average molecular weight is 411 g/mol. The fraction of sp³-hybridized carbons (Fsp3) is 0.429. The number of pyridine rings is 2. The second-order valence-corrected chi connectivity index (χ2v) is 8.56. The van der Waals surface area contributed by atoms with Gasteiger partial charge in [0.15, 0.2) is 17.3 Å². The van der Waals surface area contributed by atoms with E-state index in [0.29, 0.717) is 39.3 Å². The van der Waals surface area contributed by atoms with Crippen molar-refractivity contribution in [1.82, 2.24) is 20.2 Å². The SMILES string of the molecule is Cc1c(F)c(NC2CC3CCC2CC3)nc(-c2[nH]nc3ncc(Cl)cc23)c1C#N. The van der Waals surface area contributed by atoms with Gasteiger partial charge < -0.3 is 5.32 Å². The molecule has 2 bridgehead atoms. The molecule has 29 heavy (non-hydrogen) atoms. The smallest absolute Gasteiger partial charge is 0.181 e. The summed E-state index contributed by atoms with van der Waals surface area (Å²) in [5.74, 6) is 0.999. The summed E-state index contributed by atoms with van der Waals surface area (Å²) in [5.41, 5.74) is 1.81. The summed E-state index contributed by atoms with van der Waals surface area (Å²) in [7, 11) is 0. The van der Waals surface area contributed by atoms with Crippen molar-refractivity contribution in [3.05, 3.63) is 34.2 Å². The van der Waals surface area contributed by atoms with Gasteiger partial charge in [0, 0.05) is 23.2 Å². The van der Waals surface area contributed by atoms with Crippen LogP contribution >= 0.6 is 11.6 Å². The Hall–Kier alpha value is -2.72. The first-order valence-electron chi connectivity index (χ1n) is 9.92. The first-order valence-corrected chi connectivity index (χ1v) is 10.3. The lowest BCUT2D eigenvalue weighted by atomic mass is 9.68. The zero-order valence-electron chi connectivity index (χ0n) is 16.0. The normalized spacial score (nSPS) is 23.3. The maximum atomic E-state index is 15.1. The van der Waals surface area contributed by atoms with Crippen LogP contribution in [0.4, 0.5) is 10.2 Å². The molecule has 0 spiro atoms. The first kappa shape index (κ1) is 18.3. The van der Waals surface area contributed by atoms with Crippen molar-refractivity contribution in [2.24, 2.45) is 11.8 Å². The Morgan fingerprint density at radius 1 is 1.31 bits per heavy atom. The van der Waals surface area contributed by atoms with E-state index in [1.165, 1.54) is 31.9 Å². The zero-order valence-corrected chi connectivity index (χ0v) is 16.7. The minimum atomic E-state index is -0.466. The number of halogens is 2. The van der Waals surface area contributed by atoms with Crippen LogP contribution in [0.25, 0.3) is 22.4 Å². The van der Waals surface area contributed by atoms with Crippen molar-refractivity contribution < 1.29 is 4.39 Å². The van der Waals surface area contributed by atoms with Crippen molar-refractivity contribution in [3.8, 4) is 17.5 Å². The summed E-state index contributed by atoms with van der Waals surface area (Å²) >= 11 is 6.10. The van der Waals surface area contributed by atoms with E-state index in [9.17, 15) is 5.26 Å². The molecule has 1 atom stereocenters. The fourth-order valence-electron chi connectivity index (χ4n) is 4.88. The average Bonchev–Trinajstić information content (AvgIpc) is 3.15. The highest BCUT2D eigenvalue weighted by atomic mass is 35.5. The van der Waals surface area contributed by atoms with E-state index in [4.69, 9.17) is 11.6 Å². The number of aromatic amines is 1. The minimum Gasteiger partial charge on any atom is -0.365 e. The lowest BCUT2D eigenvalue weighted by Crippen LogP contribution is -2.40. The third-order valence-electron chi connectivity index (χ3n) is 6.47. The van der Waals surface area contributed by atoms with Crippen LogP contribution in [0.2, 0.25) is 5.02 Å². The molecule has 6 nitrogen and oxygen atoms in total. The molecule has 3 aromatic rings. The van der Waals surface area contributed by atoms with Gasteiger partial charge in [-0.25, -0.2) is 14.4 Å². The Bertz CT molecular complexity index is 1140. The molecular formula is C21H20ClFN6. The molecule has 3 aliphatic rings. The van der Waals surface area contributed by atoms with Gasteiger partial charge in [0.05, 0.1) is 16.3 Å². The highest BCUT2D eigenvalue weighted by Gasteiger charge is 2.36. The van der Waals surface area contributed by atoms with E-state index in [1.807, 2.05) is 0 Å². The van der Waals surface area contributed by atoms with E-state index in [2.05, 4.69) is 31.6 Å². The van der Waals surface area contributed by atoms with Crippen LogP contribution in [0.3, 0.4) is 0 Å². The molecular weight excluding hydrogens is 391 g/mol. The van der Waals surface area contributed by atoms with Crippen LogP contribution in [-0.2, 0) is 0 Å². The number of nitrogens with zero attached hydrogens (tertiary/aromatic N) is 4. The lowest BCUT2D eigenvalue weighted by molar-refractivity contribution is 0.157. The maximum absolute atomic E-state index is 15.1. The molecule has 0 amide bonds. The highest BCUT2D eigenvalue weighted by Crippen LogP contribution is 2.43. The second-order valence-electron chi connectivity index (χ2n) is 8.13. The van der Waals surface area contributed by atoms with E-state index >= 15 is 4.39 Å². The Labute approximate surface area is 172 Å². The number of nitrogens with one attached hydrogen (secondary N) is 2. The van der Waals surface area contributed by atoms with Gasteiger partial charge in [0.1, 0.15) is 11.8 Å². The predicted octanol–water partition coefficient (Wildman–Crippen LogP) is 4.98. The standard InChI is InChI=1S/C21H20ClFN6/c1-10-15(8-24)18(19-14-7-13(22)9-25-20(14)29-28-19)27-21(17(10)23)26-16-6-11-2-4-12(16)5-3-11/h7,9,11-12,16H,2-6H2,1H3,(H,26,27)(H,25,28,29). The van der Waals surface area contributed by atoms with Crippen LogP contribution in [0.1, 0.15) is 43.2 Å². The second kappa shape index (κ2) is 6.96. The summed E-state index contributed by atoms with van der Waals surface area (Å²) < 4.78 is 15.1. The molecule has 1 unspecified atom stereocenters. The van der Waals surface area contributed by atoms with Gasteiger partial charge in [0.2, 0.25) is 0 Å². The van der Waals surface area contributed by atoms with Crippen LogP contribution in [-0.4, -0.2) is 26.2 Å². The topological polar surface area (TPSA) is 90.3 Å². The molecule has 2 N–H and O–H groups in total. The number of hydrogen-bond acceptors (Lipinski definition) is 5. The van der Waals surface area contributed by atoms with Crippen LogP contribution in [0.5, 0.6) is 0 Å². The number of hydrogen-bond donors (Lipinski definition) is 2. The predicted molar refractivity (Wildman–Crippen MR) is 109 cm³/mol. The molecule has 3 fully saturated rings. The molecule has 6 rings (SSSR count). The first-order chi connectivity index (χ1) is 14.0. The molecule has 0 saturated heterocycles. The number of nitriles is 1. The number of rotatable bonds is 3. The van der Waals surface area contributed by atoms with Crippen molar-refractivity contribution in [2.45, 2.75) is 45.1 Å². The van der Waals surface area contributed by atoms with Crippen molar-refractivity contribution in [2.75, 3.05) is 5.32 Å². The molecule has 3 heterocycles. The summed E-state index contributed by atoms with van der Waals surface area (Å²) in [4.78, 5) is 8.74. The molecule has 8 heteroatoms. The van der Waals surface area contributed by atoms with Crippen LogP contribution in [0.15, 0.2) is 12.3 Å². The third kappa shape index (κ3) is 3.03. The third-order valence-corrected chi connectivity index (χ3v) is 6.67. The summed E-state index contributed by atoms with van der Waals surface area (Å²) in [6, 6.07) is 4.04. The zero-order chi connectivity index (χ0) is 20.1.